The Balaban J connectivity index is 0.000000399. The molecule has 25 heteroatoms. The normalized spacial score (nSPS) is 22.2. The van der Waals surface area contributed by atoms with Crippen LogP contribution in [0.2, 0.25) is 0 Å². The van der Waals surface area contributed by atoms with E-state index in [1.54, 1.807) is 43.2 Å². The number of nitrogens with one attached hydrogen (secondary N) is 4. The van der Waals surface area contributed by atoms with Gasteiger partial charge in [-0.2, -0.15) is 0 Å². The first-order valence-electron chi connectivity index (χ1n) is 32.5. The predicted octanol–water partition coefficient (Wildman–Crippen LogP) is 6.35. The van der Waals surface area contributed by atoms with Crippen LogP contribution in [0.15, 0.2) is 60.2 Å². The molecule has 4 aliphatic heterocycles. The number of urea groups is 1. The summed E-state index contributed by atoms with van der Waals surface area (Å²) in [5.74, 6) is -3.86. The van der Waals surface area contributed by atoms with Crippen molar-refractivity contribution in [1.82, 2.24) is 30.7 Å². The summed E-state index contributed by atoms with van der Waals surface area (Å²) in [6.45, 7) is 20.7. The number of anilines is 1. The van der Waals surface area contributed by atoms with Gasteiger partial charge in [-0.15, -0.1) is 0 Å². The fraction of sp³-hybridized carbons (Fsp3) is 0.672. The molecule has 0 saturated carbocycles. The highest BCUT2D eigenvalue weighted by molar-refractivity contribution is 6.12. The number of carboxylic acid groups (broad SMARTS) is 1. The van der Waals surface area contributed by atoms with E-state index >= 15 is 0 Å². The molecule has 514 valence electrons. The van der Waals surface area contributed by atoms with Crippen LogP contribution in [0.5, 0.6) is 0 Å². The van der Waals surface area contributed by atoms with E-state index in [1.807, 2.05) is 27.8 Å². The Hall–Kier alpha value is -7.06. The number of ether oxygens (including phenoxy) is 5. The molecule has 0 bridgehead atoms. The number of nitrogens with two attached hydrogens (primary N) is 1. The first-order chi connectivity index (χ1) is 43.5. The number of ketones is 1. The lowest BCUT2D eigenvalue weighted by atomic mass is 9.85. The molecule has 3 saturated heterocycles. The van der Waals surface area contributed by atoms with Crippen molar-refractivity contribution in [3.05, 3.63) is 65.8 Å². The number of imide groups is 1. The van der Waals surface area contributed by atoms with Crippen molar-refractivity contribution >= 4 is 65.1 Å². The van der Waals surface area contributed by atoms with Gasteiger partial charge in [-0.1, -0.05) is 71.4 Å². The van der Waals surface area contributed by atoms with Gasteiger partial charge in [-0.25, -0.2) is 14.4 Å². The van der Waals surface area contributed by atoms with Gasteiger partial charge < -0.3 is 70.7 Å². The Kier molecular flexibility index (Phi) is 32.7. The van der Waals surface area contributed by atoms with E-state index in [-0.39, 0.29) is 148 Å². The average Bonchev–Trinajstić information content (AvgIpc) is 1.60. The number of amides is 8. The predicted molar refractivity (Wildman–Crippen MR) is 344 cm³/mol. The minimum atomic E-state index is -1.12. The zero-order valence-corrected chi connectivity index (χ0v) is 55.9. The molecule has 12 atom stereocenters. The highest BCUT2D eigenvalue weighted by Crippen LogP contribution is 2.47. The van der Waals surface area contributed by atoms with Crippen molar-refractivity contribution in [3.63, 3.8) is 0 Å². The Labute approximate surface area is 542 Å². The van der Waals surface area contributed by atoms with Crippen LogP contribution in [0.25, 0.3) is 0 Å². The topological polar surface area (TPSA) is 344 Å². The first-order valence-corrected chi connectivity index (χ1v) is 32.5. The van der Waals surface area contributed by atoms with E-state index in [2.05, 4.69) is 72.1 Å². The summed E-state index contributed by atoms with van der Waals surface area (Å²) in [6.07, 6.45) is 12.7. The van der Waals surface area contributed by atoms with Gasteiger partial charge in [-0.3, -0.25) is 38.5 Å². The number of nitrogens with zero attached hydrogens (tertiary/aromatic N) is 3. The zero-order valence-electron chi connectivity index (χ0n) is 55.9. The van der Waals surface area contributed by atoms with E-state index in [0.717, 1.165) is 48.4 Å². The second-order valence-corrected chi connectivity index (χ2v) is 25.6. The molecule has 0 spiro atoms. The van der Waals surface area contributed by atoms with Crippen molar-refractivity contribution in [1.29, 1.82) is 0 Å². The van der Waals surface area contributed by atoms with Gasteiger partial charge in [0.2, 0.25) is 17.7 Å². The summed E-state index contributed by atoms with van der Waals surface area (Å²) >= 11 is 0. The number of epoxide rings is 1. The summed E-state index contributed by atoms with van der Waals surface area (Å²) in [4.78, 5) is 127. The molecular formula is C67H104N8O17. The molecule has 3 fully saturated rings. The molecule has 8 amide bonds. The molecule has 8 N–H and O–H groups in total. The molecule has 0 radical (unpaired) electrons. The minimum Gasteiger partial charge on any atom is -0.480 e. The van der Waals surface area contributed by atoms with Crippen molar-refractivity contribution < 1.29 is 81.8 Å². The number of unbranched alkanes of at least 4 members (excludes halogenated alkanes) is 2. The molecule has 4 heterocycles. The van der Waals surface area contributed by atoms with Crippen molar-refractivity contribution in [3.8, 4) is 0 Å². The lowest BCUT2D eigenvalue weighted by Gasteiger charge is -2.35. The van der Waals surface area contributed by atoms with Gasteiger partial charge >= 0.3 is 24.1 Å². The summed E-state index contributed by atoms with van der Waals surface area (Å²) in [5, 5.41) is 30.2. The number of methoxy groups -OCH3 is 1. The molecule has 0 aliphatic carbocycles. The monoisotopic (exact) mass is 1290 g/mol. The number of piperazine rings is 1. The maximum absolute atomic E-state index is 13.5. The minimum absolute atomic E-state index is 0.0438. The number of primary amides is 1. The van der Waals surface area contributed by atoms with Gasteiger partial charge in [0.1, 0.15) is 12.6 Å². The molecule has 1 aromatic carbocycles. The van der Waals surface area contributed by atoms with Crippen LogP contribution in [0.4, 0.5) is 15.3 Å². The van der Waals surface area contributed by atoms with Gasteiger partial charge in [0.05, 0.1) is 55.2 Å². The second kappa shape index (κ2) is 38.8. The van der Waals surface area contributed by atoms with Crippen molar-refractivity contribution in [2.24, 2.45) is 35.3 Å². The van der Waals surface area contributed by atoms with Crippen LogP contribution >= 0.6 is 0 Å². The largest absolute Gasteiger partial charge is 0.480 e. The van der Waals surface area contributed by atoms with Gasteiger partial charge in [0.25, 0.3) is 11.8 Å². The number of allylic oxidation sites excluding steroid dienone is 3. The third kappa shape index (κ3) is 26.9. The number of aliphatic carboxylic acids is 1. The van der Waals surface area contributed by atoms with Gasteiger partial charge in [-0.05, 0) is 127 Å². The fourth-order valence-electron chi connectivity index (χ4n) is 11.9. The third-order valence-electron chi connectivity index (χ3n) is 17.2. The van der Waals surface area contributed by atoms with Crippen LogP contribution in [0.3, 0.4) is 0 Å². The summed E-state index contributed by atoms with van der Waals surface area (Å²) in [5.41, 5.74) is 7.25. The van der Waals surface area contributed by atoms with Crippen LogP contribution < -0.4 is 27.0 Å². The van der Waals surface area contributed by atoms with Gasteiger partial charge in [0, 0.05) is 95.8 Å². The molecule has 92 heavy (non-hydrogen) atoms. The number of carbonyl (C=O) groups excluding carboxylic acids is 9. The number of carboxylic acids is 1. The molecule has 0 unspecified atom stereocenters. The van der Waals surface area contributed by atoms with E-state index in [9.17, 15) is 58.2 Å². The van der Waals surface area contributed by atoms with Crippen molar-refractivity contribution in [2.75, 3.05) is 65.3 Å². The average molecular weight is 1290 g/mol. The van der Waals surface area contributed by atoms with Crippen LogP contribution in [0, 0.1) is 29.6 Å². The first kappa shape index (κ1) is 77.4. The number of aliphatic hydroxyl groups excluding tert-OH is 1. The van der Waals surface area contributed by atoms with Crippen molar-refractivity contribution in [2.45, 2.75) is 201 Å². The Bertz CT molecular complexity index is 2690. The summed E-state index contributed by atoms with van der Waals surface area (Å²) in [7, 11) is 3.62. The highest BCUT2D eigenvalue weighted by atomic mass is 16.6. The number of hydrogen-bond donors (Lipinski definition) is 7. The molecule has 0 aromatic heterocycles. The van der Waals surface area contributed by atoms with Gasteiger partial charge in [0.15, 0.2) is 5.78 Å². The summed E-state index contributed by atoms with van der Waals surface area (Å²) < 4.78 is 28.2. The van der Waals surface area contributed by atoms with E-state index in [4.69, 9.17) is 29.4 Å². The number of hydrogen-bond acceptors (Lipinski definition) is 17. The number of esters is 1. The maximum atomic E-state index is 13.5. The fourth-order valence-corrected chi connectivity index (χ4v) is 11.9. The quantitative estimate of drug-likeness (QED) is 0.0126. The lowest BCUT2D eigenvalue weighted by molar-refractivity contribution is -0.144. The Morgan fingerprint density at radius 1 is 0.859 bits per heavy atom. The van der Waals surface area contributed by atoms with Crippen LogP contribution in [-0.4, -0.2) is 193 Å². The highest BCUT2D eigenvalue weighted by Gasteiger charge is 2.57. The van der Waals surface area contributed by atoms with E-state index in [0.29, 0.717) is 56.8 Å². The standard InChI is InChI=1S/C35H51N7O8.C32H53NO9/c1-24(2)32(39-29(44)9-5-4-6-17-42-30(45)14-15-31(42)46)28(43)22-26(8-7-16-37-34(36)48)33(47)38-27-12-10-25(11-13-27)23-50-35(49)41-20-18-40(3)19-21-41;1-19(18-32(7)30(42-32)22(4)29(39-8)23(5)34)11-9-12-20(2)28-21(3)14-15-25(41-28)17-27(36)33-26(31(37)38)13-10-16-40-24(6)35/h10-15,24,26,32H,4-9,16-23H2,1-3H3,(H,38,47)(H,39,44)(H3,36,37,48);9,11-12,19,21-23,25-26,28-30,34H,10,13-18H2,1-8H3,(H,33,36)(H,37,38)/b;11-9+,20-12+/t26-,32+;19-,21+,22-,23-,25-,26+,28-,29-,30-,32-/m11/s1. The number of rotatable bonds is 36. The maximum Gasteiger partial charge on any atom is 0.410 e. The Morgan fingerprint density at radius 2 is 1.53 bits per heavy atom. The molecular weight excluding hydrogens is 1190 g/mol. The smallest absolute Gasteiger partial charge is 0.410 e. The summed E-state index contributed by atoms with van der Waals surface area (Å²) in [6, 6.07) is 4.35. The Morgan fingerprint density at radius 3 is 2.14 bits per heavy atom. The SMILES string of the molecule is CC(C)[C@H](NC(=O)CCCCCN1C(=O)C=CC1=O)C(=O)C[C@@H](CCCNC(N)=O)C(=O)Nc1ccc(COC(=O)N2CCN(C)CC2)cc1.CO[C@H]([C@@H](C)[C@H]1O[C@]1(C)C[C@H](C)/C=C/C=C(\C)[C@H]1O[C@@H](CC(=O)N[C@@H](CCCOC(C)=O)C(=O)O)CC[C@@H]1C)[C@@H](C)O. The number of likely N-dealkylation sites (N-methyl/N-ethyl adjacent to an activating group) is 1. The molecule has 4 aliphatic rings. The van der Waals surface area contributed by atoms with E-state index < -0.39 is 42.1 Å². The molecule has 1 aromatic rings. The lowest BCUT2D eigenvalue weighted by Crippen LogP contribution is -2.47. The number of benzene rings is 1. The number of aliphatic hydroxyl groups is 1. The van der Waals surface area contributed by atoms with Crippen LogP contribution in [-0.2, 0) is 68.6 Å². The number of Topliss-reactive ketones (excluding diaryl/α,β-unsaturated/α-hetero) is 1. The molecule has 25 nitrogen and oxygen atoms in total. The zero-order chi connectivity index (χ0) is 68.2. The van der Waals surface area contributed by atoms with E-state index in [1.165, 1.54) is 19.1 Å². The van der Waals surface area contributed by atoms with Crippen LogP contribution in [0.1, 0.15) is 151 Å². The molecule has 5 rings (SSSR count). The number of carbonyl (C=O) groups is 10. The third-order valence-corrected chi connectivity index (χ3v) is 17.2. The second-order valence-electron chi connectivity index (χ2n) is 25.6.